The molecular formula is C26H30FN3O4S. The van der Waals surface area contributed by atoms with E-state index in [1.165, 1.54) is 12.1 Å². The molecule has 7 nitrogen and oxygen atoms in total. The van der Waals surface area contributed by atoms with E-state index in [-0.39, 0.29) is 35.3 Å². The number of amides is 1. The second kappa shape index (κ2) is 10.2. The number of nitrogens with zero attached hydrogens (tertiary/aromatic N) is 3. The van der Waals surface area contributed by atoms with Gasteiger partial charge in [0.25, 0.3) is 5.91 Å². The van der Waals surface area contributed by atoms with E-state index >= 15 is 0 Å². The fourth-order valence-electron chi connectivity index (χ4n) is 4.39. The lowest BCUT2D eigenvalue weighted by Gasteiger charge is -2.28. The van der Waals surface area contributed by atoms with Gasteiger partial charge in [0.05, 0.1) is 11.5 Å². The molecule has 35 heavy (non-hydrogen) atoms. The van der Waals surface area contributed by atoms with Gasteiger partial charge >= 0.3 is 0 Å². The summed E-state index contributed by atoms with van der Waals surface area (Å²) in [7, 11) is -3.21. The van der Waals surface area contributed by atoms with Gasteiger partial charge in [-0.25, -0.2) is 12.8 Å². The highest BCUT2D eigenvalue weighted by Crippen LogP contribution is 2.26. The predicted molar refractivity (Wildman–Crippen MR) is 134 cm³/mol. The molecule has 0 bridgehead atoms. The minimum atomic E-state index is -3.21. The molecule has 0 saturated carbocycles. The molecule has 0 N–H and O–H groups in total. The van der Waals surface area contributed by atoms with Crippen LogP contribution in [0, 0.1) is 12.7 Å². The molecule has 0 unspecified atom stereocenters. The number of aryl methyl sites for hydroxylation is 1. The number of halogens is 1. The van der Waals surface area contributed by atoms with Crippen molar-refractivity contribution in [1.82, 2.24) is 10.1 Å². The minimum Gasteiger partial charge on any atom is -0.372 e. The van der Waals surface area contributed by atoms with E-state index < -0.39 is 21.8 Å². The Morgan fingerprint density at radius 2 is 1.83 bits per heavy atom. The summed E-state index contributed by atoms with van der Waals surface area (Å²) in [6.07, 6.45) is 0.374. The van der Waals surface area contributed by atoms with Gasteiger partial charge in [0.2, 0.25) is 0 Å². The number of carbonyl (C=O) groups excluding carboxylic acids is 1. The molecule has 4 rings (SSSR count). The predicted octanol–water partition coefficient (Wildman–Crippen LogP) is 4.46. The van der Waals surface area contributed by atoms with Gasteiger partial charge in [-0.1, -0.05) is 29.4 Å². The van der Waals surface area contributed by atoms with Gasteiger partial charge in [0, 0.05) is 43.0 Å². The Hall–Kier alpha value is -3.20. The Morgan fingerprint density at radius 3 is 2.43 bits per heavy atom. The molecule has 1 aliphatic rings. The molecule has 3 aromatic rings. The van der Waals surface area contributed by atoms with Crippen LogP contribution in [0.2, 0.25) is 0 Å². The third-order valence-electron chi connectivity index (χ3n) is 6.51. The van der Waals surface area contributed by atoms with Crippen molar-refractivity contribution in [2.75, 3.05) is 29.5 Å². The van der Waals surface area contributed by atoms with E-state index in [0.717, 1.165) is 24.3 Å². The number of sulfone groups is 1. The quantitative estimate of drug-likeness (QED) is 0.455. The molecule has 0 radical (unpaired) electrons. The maximum Gasteiger partial charge on any atom is 0.276 e. The van der Waals surface area contributed by atoms with Crippen molar-refractivity contribution in [2.24, 2.45) is 0 Å². The van der Waals surface area contributed by atoms with Crippen molar-refractivity contribution >= 4 is 21.4 Å². The first-order chi connectivity index (χ1) is 16.7. The third-order valence-corrected chi connectivity index (χ3v) is 8.26. The first kappa shape index (κ1) is 24.9. The highest BCUT2D eigenvalue weighted by atomic mass is 32.2. The summed E-state index contributed by atoms with van der Waals surface area (Å²) in [6.45, 7) is 7.87. The molecule has 1 amide bonds. The molecule has 9 heteroatoms. The Morgan fingerprint density at radius 1 is 1.11 bits per heavy atom. The topological polar surface area (TPSA) is 83.7 Å². The summed E-state index contributed by atoms with van der Waals surface area (Å²) in [5, 5.41) is 3.93. The van der Waals surface area contributed by atoms with E-state index in [4.69, 9.17) is 4.52 Å². The van der Waals surface area contributed by atoms with Crippen LogP contribution < -0.4 is 4.90 Å². The Bertz CT molecular complexity index is 1300. The largest absolute Gasteiger partial charge is 0.372 e. The van der Waals surface area contributed by atoms with Crippen LogP contribution >= 0.6 is 0 Å². The normalized spacial score (nSPS) is 16.9. The summed E-state index contributed by atoms with van der Waals surface area (Å²) in [6, 6.07) is 13.6. The zero-order chi connectivity index (χ0) is 25.2. The number of benzene rings is 2. The van der Waals surface area contributed by atoms with E-state index in [0.29, 0.717) is 17.5 Å². The smallest absolute Gasteiger partial charge is 0.276 e. The van der Waals surface area contributed by atoms with Crippen LogP contribution in [0.15, 0.2) is 53.1 Å². The van der Waals surface area contributed by atoms with Crippen LogP contribution in [0.4, 0.5) is 10.1 Å². The molecule has 1 atom stereocenters. The van der Waals surface area contributed by atoms with E-state index in [1.807, 2.05) is 24.3 Å². The lowest BCUT2D eigenvalue weighted by molar-refractivity contribution is 0.0670. The molecule has 1 fully saturated rings. The minimum absolute atomic E-state index is 0.0506. The number of hydrogen-bond donors (Lipinski definition) is 0. The number of hydrogen-bond acceptors (Lipinski definition) is 6. The highest BCUT2D eigenvalue weighted by Gasteiger charge is 2.36. The SMILES string of the molecule is CCN(CC)c1ccc(CN(C(=O)c2cc(-c3ccc(C)c(F)c3)on2)[C@H]2CCS(=O)(=O)C2)cc1. The van der Waals surface area contributed by atoms with Crippen LogP contribution in [-0.4, -0.2) is 55.0 Å². The van der Waals surface area contributed by atoms with Crippen molar-refractivity contribution in [2.45, 2.75) is 39.8 Å². The monoisotopic (exact) mass is 499 g/mol. The Kier molecular flexibility index (Phi) is 7.25. The van der Waals surface area contributed by atoms with Crippen LogP contribution in [0.1, 0.15) is 41.9 Å². The van der Waals surface area contributed by atoms with Crippen LogP contribution in [0.5, 0.6) is 0 Å². The number of rotatable bonds is 8. The average molecular weight is 500 g/mol. The van der Waals surface area contributed by atoms with Crippen molar-refractivity contribution in [3.63, 3.8) is 0 Å². The van der Waals surface area contributed by atoms with Crippen LogP contribution in [0.25, 0.3) is 11.3 Å². The van der Waals surface area contributed by atoms with Crippen molar-refractivity contribution in [1.29, 1.82) is 0 Å². The summed E-state index contributed by atoms with van der Waals surface area (Å²) in [4.78, 5) is 17.3. The summed E-state index contributed by atoms with van der Waals surface area (Å²) >= 11 is 0. The van der Waals surface area contributed by atoms with E-state index in [1.54, 1.807) is 24.0 Å². The standard InChI is InChI=1S/C26H30FN3O4S/c1-4-29(5-2)21-10-7-19(8-11-21)16-30(22-12-13-35(32,33)17-22)26(31)24-15-25(34-28-24)20-9-6-18(3)23(27)14-20/h6-11,14-15,22H,4-5,12-13,16-17H2,1-3H3/t22-/m0/s1. The van der Waals surface area contributed by atoms with Gasteiger partial charge in [-0.15, -0.1) is 0 Å². The molecule has 1 saturated heterocycles. The second-order valence-corrected chi connectivity index (χ2v) is 11.1. The summed E-state index contributed by atoms with van der Waals surface area (Å²) < 4.78 is 43.7. The van der Waals surface area contributed by atoms with Gasteiger partial charge in [0.15, 0.2) is 21.3 Å². The first-order valence-corrected chi connectivity index (χ1v) is 13.6. The molecule has 186 valence electrons. The molecule has 0 aliphatic carbocycles. The summed E-state index contributed by atoms with van der Waals surface area (Å²) in [5.74, 6) is -0.547. The first-order valence-electron chi connectivity index (χ1n) is 11.8. The van der Waals surface area contributed by atoms with Crippen molar-refractivity contribution in [3.8, 4) is 11.3 Å². The molecule has 1 aliphatic heterocycles. The van der Waals surface area contributed by atoms with Gasteiger partial charge in [-0.3, -0.25) is 4.79 Å². The second-order valence-electron chi connectivity index (χ2n) is 8.87. The maximum atomic E-state index is 14.0. The van der Waals surface area contributed by atoms with Crippen molar-refractivity contribution in [3.05, 3.63) is 71.2 Å². The zero-order valence-electron chi connectivity index (χ0n) is 20.2. The van der Waals surface area contributed by atoms with Gasteiger partial charge in [0.1, 0.15) is 5.82 Å². The Labute approximate surface area is 205 Å². The third kappa shape index (κ3) is 5.56. The fraction of sp³-hybridized carbons (Fsp3) is 0.385. The number of carbonyl (C=O) groups is 1. The van der Waals surface area contributed by atoms with E-state index in [9.17, 15) is 17.6 Å². The molecule has 2 heterocycles. The molecular weight excluding hydrogens is 469 g/mol. The lowest BCUT2D eigenvalue weighted by Crippen LogP contribution is -2.40. The molecule has 2 aromatic carbocycles. The van der Waals surface area contributed by atoms with Crippen LogP contribution in [-0.2, 0) is 16.4 Å². The van der Waals surface area contributed by atoms with Crippen LogP contribution in [0.3, 0.4) is 0 Å². The number of anilines is 1. The lowest BCUT2D eigenvalue weighted by atomic mass is 10.1. The average Bonchev–Trinajstić information content (AvgIpc) is 3.47. The highest BCUT2D eigenvalue weighted by molar-refractivity contribution is 7.91. The summed E-state index contributed by atoms with van der Waals surface area (Å²) in [5.41, 5.74) is 3.02. The van der Waals surface area contributed by atoms with Gasteiger partial charge < -0.3 is 14.3 Å². The molecule has 1 aromatic heterocycles. The zero-order valence-corrected chi connectivity index (χ0v) is 21.0. The van der Waals surface area contributed by atoms with E-state index in [2.05, 4.69) is 23.9 Å². The van der Waals surface area contributed by atoms with Gasteiger partial charge in [-0.2, -0.15) is 0 Å². The Balaban J connectivity index is 1.60. The number of aromatic nitrogens is 1. The molecule has 0 spiro atoms. The fourth-order valence-corrected chi connectivity index (χ4v) is 6.12. The van der Waals surface area contributed by atoms with Gasteiger partial charge in [-0.05, 0) is 56.5 Å². The maximum absolute atomic E-state index is 14.0. The van der Waals surface area contributed by atoms with Crippen molar-refractivity contribution < 1.29 is 22.1 Å².